The summed E-state index contributed by atoms with van der Waals surface area (Å²) in [7, 11) is 0. The van der Waals surface area contributed by atoms with Gasteiger partial charge in [0.2, 0.25) is 11.8 Å². The minimum Gasteiger partial charge on any atom is -0.459 e. The van der Waals surface area contributed by atoms with Crippen molar-refractivity contribution in [1.29, 1.82) is 0 Å². The highest BCUT2D eigenvalue weighted by Gasteiger charge is 2.58. The van der Waals surface area contributed by atoms with Crippen molar-refractivity contribution in [2.45, 2.75) is 166 Å². The molecule has 348 valence electrons. The summed E-state index contributed by atoms with van der Waals surface area (Å²) >= 11 is 1.54. The van der Waals surface area contributed by atoms with Crippen molar-refractivity contribution in [2.24, 2.45) is 5.92 Å². The van der Waals surface area contributed by atoms with Gasteiger partial charge in [-0.05, 0) is 82.3 Å². The SMILES string of the molecule is CSCC(=O)CCCCCCC(=O)NCC(=O)Cc1ccc(CCC(=O)C[C@@H]2C[C@@]3(CO3)[C@H](O)[C@@H](/C=C/C(C)=C/C[C@@H]3O[C@H](C)[C@H](NC(=O)/C=C\[C@H](C)OC(C)=O)C[C@@H]3C)O2)cc1. The molecule has 0 aromatic heterocycles. The number of aliphatic hydroxyl groups excluding tert-OH is 1. The van der Waals surface area contributed by atoms with Crippen LogP contribution in [0.1, 0.15) is 116 Å². The molecule has 2 amide bonds. The highest BCUT2D eigenvalue weighted by Crippen LogP contribution is 2.43. The Bertz CT molecular complexity index is 1790. The van der Waals surface area contributed by atoms with Crippen molar-refractivity contribution in [3.8, 4) is 0 Å². The van der Waals surface area contributed by atoms with Crippen LogP contribution in [0.15, 0.2) is 60.2 Å². The van der Waals surface area contributed by atoms with Gasteiger partial charge >= 0.3 is 5.97 Å². The summed E-state index contributed by atoms with van der Waals surface area (Å²) in [5.41, 5.74) is 2.10. The smallest absolute Gasteiger partial charge is 0.303 e. The number of carbonyl (C=O) groups is 6. The van der Waals surface area contributed by atoms with Gasteiger partial charge < -0.3 is 34.7 Å². The van der Waals surface area contributed by atoms with E-state index in [0.29, 0.717) is 50.9 Å². The molecule has 3 fully saturated rings. The molecule has 4 rings (SSSR count). The number of aliphatic hydroxyl groups is 1. The molecule has 3 saturated heterocycles. The fraction of sp³-hybridized carbons (Fsp3) is 0.633. The molecule has 0 bridgehead atoms. The minimum atomic E-state index is -0.849. The van der Waals surface area contributed by atoms with E-state index < -0.39 is 29.9 Å². The van der Waals surface area contributed by atoms with E-state index in [1.165, 1.54) is 24.8 Å². The van der Waals surface area contributed by atoms with Gasteiger partial charge in [0.1, 0.15) is 35.5 Å². The molecule has 1 spiro atoms. The predicted octanol–water partition coefficient (Wildman–Crippen LogP) is 6.07. The number of nitrogens with one attached hydrogen (secondary N) is 2. The number of rotatable bonds is 26. The van der Waals surface area contributed by atoms with Gasteiger partial charge in [-0.15, -0.1) is 0 Å². The number of amides is 2. The molecule has 0 radical (unpaired) electrons. The molecular weight excluding hydrogens is 825 g/mol. The van der Waals surface area contributed by atoms with Crippen LogP contribution in [-0.2, 0) is 60.6 Å². The lowest BCUT2D eigenvalue weighted by Gasteiger charge is -2.39. The lowest BCUT2D eigenvalue weighted by Crippen LogP contribution is -2.50. The number of hydrogen-bond acceptors (Lipinski definition) is 12. The van der Waals surface area contributed by atoms with Crippen LogP contribution in [0.25, 0.3) is 0 Å². The summed E-state index contributed by atoms with van der Waals surface area (Å²) < 4.78 is 23.4. The number of hydrogen-bond donors (Lipinski definition) is 3. The Balaban J connectivity index is 1.15. The Kier molecular flexibility index (Phi) is 21.4. The van der Waals surface area contributed by atoms with E-state index in [1.54, 1.807) is 13.0 Å². The van der Waals surface area contributed by atoms with E-state index in [2.05, 4.69) is 23.6 Å². The number of carbonyl (C=O) groups excluding carboxylic acids is 6. The monoisotopic (exact) mass is 894 g/mol. The zero-order valence-corrected chi connectivity index (χ0v) is 38.9. The van der Waals surface area contributed by atoms with Crippen molar-refractivity contribution in [3.63, 3.8) is 0 Å². The number of thioether (sulfide) groups is 1. The maximum atomic E-state index is 13.2. The summed E-state index contributed by atoms with van der Waals surface area (Å²) in [6.07, 6.45) is 15.6. The Labute approximate surface area is 377 Å². The molecule has 0 unspecified atom stereocenters. The average molecular weight is 895 g/mol. The molecule has 1 aromatic carbocycles. The van der Waals surface area contributed by atoms with Crippen LogP contribution in [0.5, 0.6) is 0 Å². The number of benzene rings is 1. The number of unbranched alkanes of at least 4 members (excludes halogenated alkanes) is 3. The third-order valence-electron chi connectivity index (χ3n) is 11.9. The summed E-state index contributed by atoms with van der Waals surface area (Å²) in [6, 6.07) is 7.47. The van der Waals surface area contributed by atoms with Crippen molar-refractivity contribution in [3.05, 3.63) is 71.3 Å². The minimum absolute atomic E-state index is 0.0141. The number of aryl methyl sites for hydroxylation is 1. The highest BCUT2D eigenvalue weighted by atomic mass is 32.2. The van der Waals surface area contributed by atoms with Gasteiger partial charge in [0.15, 0.2) is 5.78 Å². The topological polar surface area (TPSA) is 187 Å². The van der Waals surface area contributed by atoms with E-state index in [-0.39, 0.29) is 78.8 Å². The van der Waals surface area contributed by atoms with Gasteiger partial charge in [0, 0.05) is 51.5 Å². The molecule has 0 aliphatic carbocycles. The van der Waals surface area contributed by atoms with Crippen molar-refractivity contribution < 1.29 is 52.8 Å². The summed E-state index contributed by atoms with van der Waals surface area (Å²) in [4.78, 5) is 73.1. The fourth-order valence-corrected chi connectivity index (χ4v) is 8.59. The summed E-state index contributed by atoms with van der Waals surface area (Å²) in [5.74, 6) is 0.182. The molecular formula is C49H70N2O11S. The van der Waals surface area contributed by atoms with E-state index in [9.17, 15) is 33.9 Å². The molecule has 1 aromatic rings. The van der Waals surface area contributed by atoms with Crippen LogP contribution in [0, 0.1) is 5.92 Å². The van der Waals surface area contributed by atoms with Gasteiger partial charge in [0.25, 0.3) is 0 Å². The Morgan fingerprint density at radius 3 is 2.32 bits per heavy atom. The van der Waals surface area contributed by atoms with Crippen LogP contribution in [0.2, 0.25) is 0 Å². The average Bonchev–Trinajstić information content (AvgIpc) is 4.01. The lowest BCUT2D eigenvalue weighted by molar-refractivity contribution is -0.144. The molecule has 13 nitrogen and oxygen atoms in total. The number of ether oxygens (including phenoxy) is 4. The molecule has 3 heterocycles. The van der Waals surface area contributed by atoms with Crippen LogP contribution < -0.4 is 10.6 Å². The lowest BCUT2D eigenvalue weighted by atomic mass is 9.86. The van der Waals surface area contributed by atoms with E-state index in [4.69, 9.17) is 18.9 Å². The molecule has 14 heteroatoms. The molecule has 3 N–H and O–H groups in total. The third kappa shape index (κ3) is 18.6. The van der Waals surface area contributed by atoms with Gasteiger partial charge in [-0.3, -0.25) is 28.8 Å². The van der Waals surface area contributed by atoms with Crippen LogP contribution in [0.3, 0.4) is 0 Å². The Morgan fingerprint density at radius 2 is 1.63 bits per heavy atom. The van der Waals surface area contributed by atoms with E-state index >= 15 is 0 Å². The summed E-state index contributed by atoms with van der Waals surface area (Å²) in [5, 5.41) is 16.9. The zero-order valence-electron chi connectivity index (χ0n) is 38.1. The van der Waals surface area contributed by atoms with Crippen molar-refractivity contribution in [1.82, 2.24) is 10.6 Å². The first-order valence-electron chi connectivity index (χ1n) is 22.6. The Morgan fingerprint density at radius 1 is 0.937 bits per heavy atom. The second-order valence-electron chi connectivity index (χ2n) is 17.6. The second-order valence-corrected chi connectivity index (χ2v) is 18.5. The quantitative estimate of drug-likeness (QED) is 0.0321. The first kappa shape index (κ1) is 51.7. The normalized spacial score (nSPS) is 26.4. The fourth-order valence-electron chi connectivity index (χ4n) is 8.12. The number of epoxide rings is 1. The molecule has 3 aliphatic heterocycles. The maximum Gasteiger partial charge on any atom is 0.303 e. The van der Waals surface area contributed by atoms with Crippen molar-refractivity contribution >= 4 is 46.9 Å². The van der Waals surface area contributed by atoms with Gasteiger partial charge in [-0.1, -0.05) is 67.8 Å². The zero-order chi connectivity index (χ0) is 45.9. The Hall–Kier alpha value is -3.95. The maximum absolute atomic E-state index is 13.2. The molecule has 0 saturated carbocycles. The van der Waals surface area contributed by atoms with Crippen LogP contribution in [0.4, 0.5) is 0 Å². The number of Topliss-reactive ketones (excluding diaryl/α,β-unsaturated/α-hetero) is 3. The van der Waals surface area contributed by atoms with Crippen LogP contribution in [-0.4, -0.2) is 114 Å². The van der Waals surface area contributed by atoms with Crippen molar-refractivity contribution in [2.75, 3.05) is 25.2 Å². The number of esters is 1. The first-order chi connectivity index (χ1) is 30.0. The predicted molar refractivity (Wildman–Crippen MR) is 243 cm³/mol. The third-order valence-corrected chi connectivity index (χ3v) is 12.5. The second kappa shape index (κ2) is 26.1. The number of allylic oxidation sites excluding steroid dienone is 2. The van der Waals surface area contributed by atoms with Gasteiger partial charge in [-0.25, -0.2) is 0 Å². The standard InChI is InChI=1S/C49H70N2O11S/c1-32(13-22-44-33(2)25-43(35(4)61-44)51-47(57)24-15-34(3)60-36(5)52)14-23-45-48(58)49(31-59-49)28-42(62-45)27-39(53)21-20-37-16-18-38(19-17-37)26-41(55)29-50-46(56)12-10-8-7-9-11-40(54)30-63-6/h13-19,23-24,33-35,42-45,48,58H,7-12,20-22,25-31H2,1-6H3,(H,50,56)(H,51,57)/b23-14+,24-15-,32-13+/t33-,34-,35+,42+,43+,44-,45+,48+,49+/m0/s1. The van der Waals surface area contributed by atoms with E-state index in [0.717, 1.165) is 48.8 Å². The highest BCUT2D eigenvalue weighted by molar-refractivity contribution is 7.99. The first-order valence-corrected chi connectivity index (χ1v) is 24.0. The van der Waals surface area contributed by atoms with Crippen LogP contribution >= 0.6 is 11.8 Å². The summed E-state index contributed by atoms with van der Waals surface area (Å²) in [6.45, 7) is 9.46. The largest absolute Gasteiger partial charge is 0.459 e. The van der Waals surface area contributed by atoms with Gasteiger partial charge in [0.05, 0.1) is 43.3 Å². The molecule has 9 atom stereocenters. The molecule has 63 heavy (non-hydrogen) atoms. The molecule has 3 aliphatic rings. The van der Waals surface area contributed by atoms with Gasteiger partial charge in [-0.2, -0.15) is 11.8 Å². The number of ketones is 3. The van der Waals surface area contributed by atoms with E-state index in [1.807, 2.05) is 56.5 Å².